The number of halogens is 1. The molecule has 1 saturated carbocycles. The minimum absolute atomic E-state index is 0.268. The summed E-state index contributed by atoms with van der Waals surface area (Å²) in [5.74, 6) is -0.0617. The molecule has 3 aromatic rings. The van der Waals surface area contributed by atoms with Gasteiger partial charge in [-0.2, -0.15) is 5.10 Å². The molecule has 0 spiro atoms. The molecule has 0 radical (unpaired) electrons. The number of anilines is 1. The van der Waals surface area contributed by atoms with Crippen LogP contribution in [0.5, 0.6) is 5.75 Å². The molecule has 29 heavy (non-hydrogen) atoms. The van der Waals surface area contributed by atoms with Gasteiger partial charge >= 0.3 is 0 Å². The summed E-state index contributed by atoms with van der Waals surface area (Å²) < 4.78 is 20.6. The van der Waals surface area contributed by atoms with Crippen LogP contribution in [-0.4, -0.2) is 27.8 Å². The second-order valence-electron chi connectivity index (χ2n) is 8.53. The van der Waals surface area contributed by atoms with Crippen LogP contribution in [0.4, 0.5) is 10.1 Å². The van der Waals surface area contributed by atoms with Crippen molar-refractivity contribution in [1.82, 2.24) is 14.8 Å². The average molecular weight is 396 g/mol. The monoisotopic (exact) mass is 396 g/mol. The van der Waals surface area contributed by atoms with Crippen molar-refractivity contribution in [2.75, 3.05) is 12.4 Å². The van der Waals surface area contributed by atoms with Crippen LogP contribution in [0.15, 0.2) is 24.3 Å². The molecule has 4 rings (SSSR count). The number of fused-ring (bicyclic) bond motifs is 1. The van der Waals surface area contributed by atoms with Crippen LogP contribution in [0, 0.1) is 12.7 Å². The van der Waals surface area contributed by atoms with Crippen LogP contribution >= 0.6 is 0 Å². The van der Waals surface area contributed by atoms with Gasteiger partial charge in [0.1, 0.15) is 11.6 Å². The maximum Gasteiger partial charge on any atom is 0.256 e. The number of pyridine rings is 1. The molecule has 1 amide bonds. The highest BCUT2D eigenvalue weighted by Gasteiger charge is 2.30. The molecule has 152 valence electrons. The van der Waals surface area contributed by atoms with Crippen molar-refractivity contribution in [3.8, 4) is 5.75 Å². The van der Waals surface area contributed by atoms with Crippen molar-refractivity contribution in [3.05, 3.63) is 47.0 Å². The predicted octanol–water partition coefficient (Wildman–Crippen LogP) is 4.77. The average Bonchev–Trinajstić information content (AvgIpc) is 3.45. The van der Waals surface area contributed by atoms with Gasteiger partial charge in [0.25, 0.3) is 5.91 Å². The first-order valence-corrected chi connectivity index (χ1v) is 9.74. The molecular weight excluding hydrogens is 371 g/mol. The van der Waals surface area contributed by atoms with E-state index >= 15 is 0 Å². The van der Waals surface area contributed by atoms with Crippen LogP contribution in [0.2, 0.25) is 0 Å². The summed E-state index contributed by atoms with van der Waals surface area (Å²) in [6.45, 7) is 8.08. The molecule has 0 unspecified atom stereocenters. The molecule has 7 heteroatoms. The number of methoxy groups -OCH3 is 1. The van der Waals surface area contributed by atoms with Gasteiger partial charge in [-0.15, -0.1) is 0 Å². The summed E-state index contributed by atoms with van der Waals surface area (Å²) in [6, 6.07) is 5.90. The molecule has 0 bridgehead atoms. The first-order valence-electron chi connectivity index (χ1n) is 9.74. The molecule has 1 aromatic carbocycles. The number of amides is 1. The van der Waals surface area contributed by atoms with Crippen molar-refractivity contribution in [1.29, 1.82) is 0 Å². The third-order valence-electron chi connectivity index (χ3n) is 5.12. The fourth-order valence-corrected chi connectivity index (χ4v) is 3.50. The number of benzene rings is 1. The van der Waals surface area contributed by atoms with Gasteiger partial charge in [-0.25, -0.2) is 14.1 Å². The van der Waals surface area contributed by atoms with E-state index in [0.29, 0.717) is 17.2 Å². The van der Waals surface area contributed by atoms with E-state index in [9.17, 15) is 9.18 Å². The maximum absolute atomic E-state index is 13.5. The Bertz CT molecular complexity index is 1110. The van der Waals surface area contributed by atoms with E-state index in [1.807, 2.05) is 17.7 Å². The number of hydrogen-bond acceptors (Lipinski definition) is 4. The highest BCUT2D eigenvalue weighted by molar-refractivity contribution is 6.13. The maximum atomic E-state index is 13.5. The Balaban J connectivity index is 1.84. The van der Waals surface area contributed by atoms with Crippen LogP contribution in [0.1, 0.15) is 61.3 Å². The Labute approximate surface area is 169 Å². The second-order valence-corrected chi connectivity index (χ2v) is 8.53. The van der Waals surface area contributed by atoms with Gasteiger partial charge in [-0.1, -0.05) is 0 Å². The van der Waals surface area contributed by atoms with Gasteiger partial charge < -0.3 is 10.1 Å². The van der Waals surface area contributed by atoms with Gasteiger partial charge in [0.05, 0.1) is 35.0 Å². The Morgan fingerprint density at radius 3 is 2.62 bits per heavy atom. The summed E-state index contributed by atoms with van der Waals surface area (Å²) in [4.78, 5) is 18.1. The van der Waals surface area contributed by atoms with Crippen LogP contribution < -0.4 is 10.1 Å². The standard InChI is InChI=1S/C22H25FN4O2/c1-12-19-15(21(28)25-16-9-8-14(23)10-18(16)29-5)11-17(13-6-7-13)24-20(19)27(26-12)22(2,3)4/h8-11,13H,6-7H2,1-5H3,(H,25,28). The van der Waals surface area contributed by atoms with Crippen LogP contribution in [-0.2, 0) is 5.54 Å². The molecule has 1 N–H and O–H groups in total. The van der Waals surface area contributed by atoms with Gasteiger partial charge in [-0.3, -0.25) is 4.79 Å². The van der Waals surface area contributed by atoms with Crippen molar-refractivity contribution >= 4 is 22.6 Å². The summed E-state index contributed by atoms with van der Waals surface area (Å²) in [6.07, 6.45) is 2.15. The van der Waals surface area contributed by atoms with E-state index in [1.165, 1.54) is 25.3 Å². The largest absolute Gasteiger partial charge is 0.494 e. The summed E-state index contributed by atoms with van der Waals surface area (Å²) in [5.41, 5.74) is 3.06. The minimum atomic E-state index is -0.426. The third kappa shape index (κ3) is 3.57. The molecule has 1 aliphatic rings. The van der Waals surface area contributed by atoms with Crippen molar-refractivity contribution < 1.29 is 13.9 Å². The van der Waals surface area contributed by atoms with E-state index in [1.54, 1.807) is 0 Å². The molecule has 0 aliphatic heterocycles. The Kier molecular flexibility index (Phi) is 4.56. The number of carbonyl (C=O) groups excluding carboxylic acids is 1. The predicted molar refractivity (Wildman–Crippen MR) is 110 cm³/mol. The molecule has 0 atom stereocenters. The fraction of sp³-hybridized carbons (Fsp3) is 0.409. The van der Waals surface area contributed by atoms with Crippen LogP contribution in [0.3, 0.4) is 0 Å². The molecule has 2 aromatic heterocycles. The van der Waals surface area contributed by atoms with Gasteiger partial charge in [0.2, 0.25) is 0 Å². The molecular formula is C22H25FN4O2. The van der Waals surface area contributed by atoms with Gasteiger partial charge in [0.15, 0.2) is 5.65 Å². The first kappa shape index (κ1) is 19.4. The van der Waals surface area contributed by atoms with Crippen molar-refractivity contribution in [2.45, 2.75) is 52.0 Å². The second kappa shape index (κ2) is 6.83. The summed E-state index contributed by atoms with van der Waals surface area (Å²) in [7, 11) is 1.44. The molecule has 6 nitrogen and oxygen atoms in total. The zero-order valence-corrected chi connectivity index (χ0v) is 17.3. The fourth-order valence-electron chi connectivity index (χ4n) is 3.50. The van der Waals surface area contributed by atoms with E-state index in [0.717, 1.165) is 35.3 Å². The zero-order valence-electron chi connectivity index (χ0n) is 17.3. The number of nitrogens with zero attached hydrogens (tertiary/aromatic N) is 3. The number of rotatable bonds is 4. The number of nitrogens with one attached hydrogen (secondary N) is 1. The Morgan fingerprint density at radius 2 is 2.00 bits per heavy atom. The lowest BCUT2D eigenvalue weighted by molar-refractivity contribution is 0.102. The molecule has 1 aliphatic carbocycles. The lowest BCUT2D eigenvalue weighted by atomic mass is 10.1. The lowest BCUT2D eigenvalue weighted by Gasteiger charge is -2.20. The Morgan fingerprint density at radius 1 is 1.28 bits per heavy atom. The summed E-state index contributed by atoms with van der Waals surface area (Å²) in [5, 5.41) is 8.28. The normalized spacial score (nSPS) is 14.3. The minimum Gasteiger partial charge on any atom is -0.494 e. The highest BCUT2D eigenvalue weighted by Crippen LogP contribution is 2.41. The van der Waals surface area contributed by atoms with Crippen molar-refractivity contribution in [3.63, 3.8) is 0 Å². The van der Waals surface area contributed by atoms with Crippen LogP contribution in [0.25, 0.3) is 11.0 Å². The van der Waals surface area contributed by atoms with E-state index < -0.39 is 5.82 Å². The van der Waals surface area contributed by atoms with Gasteiger partial charge in [-0.05, 0) is 58.7 Å². The molecule has 2 heterocycles. The lowest BCUT2D eigenvalue weighted by Crippen LogP contribution is -2.23. The topological polar surface area (TPSA) is 69.0 Å². The quantitative estimate of drug-likeness (QED) is 0.690. The highest BCUT2D eigenvalue weighted by atomic mass is 19.1. The van der Waals surface area contributed by atoms with E-state index in [-0.39, 0.29) is 17.2 Å². The number of ether oxygens (including phenoxy) is 1. The zero-order chi connectivity index (χ0) is 20.9. The van der Waals surface area contributed by atoms with E-state index in [2.05, 4.69) is 31.2 Å². The number of carbonyl (C=O) groups is 1. The number of aromatic nitrogens is 3. The molecule has 0 saturated heterocycles. The first-order chi connectivity index (χ1) is 13.7. The number of hydrogen-bond donors (Lipinski definition) is 1. The van der Waals surface area contributed by atoms with Crippen molar-refractivity contribution in [2.24, 2.45) is 0 Å². The molecule has 1 fully saturated rings. The SMILES string of the molecule is COc1cc(F)ccc1NC(=O)c1cc(C2CC2)nc2c1c(C)nn2C(C)(C)C. The Hall–Kier alpha value is -2.96. The smallest absolute Gasteiger partial charge is 0.256 e. The van der Waals surface area contributed by atoms with E-state index in [4.69, 9.17) is 9.72 Å². The van der Waals surface area contributed by atoms with Gasteiger partial charge in [0, 0.05) is 17.7 Å². The third-order valence-corrected chi connectivity index (χ3v) is 5.12. The number of aryl methyl sites for hydroxylation is 1. The summed E-state index contributed by atoms with van der Waals surface area (Å²) >= 11 is 0.